The SMILES string of the molecule is CC(N=C=O)c1ccc(NC(=O)OC(C)(C)C)cc1F. The highest BCUT2D eigenvalue weighted by Gasteiger charge is 2.17. The van der Waals surface area contributed by atoms with Crippen LogP contribution in [0.1, 0.15) is 39.3 Å². The van der Waals surface area contributed by atoms with Crippen molar-refractivity contribution in [2.45, 2.75) is 39.3 Å². The molecule has 0 saturated heterocycles. The van der Waals surface area contributed by atoms with Crippen LogP contribution >= 0.6 is 0 Å². The number of ether oxygens (including phenoxy) is 1. The molecule has 5 nitrogen and oxygen atoms in total. The second-order valence-electron chi connectivity index (χ2n) is 5.26. The molecule has 1 aromatic carbocycles. The Labute approximate surface area is 116 Å². The average Bonchev–Trinajstić information content (AvgIpc) is 2.26. The van der Waals surface area contributed by atoms with Gasteiger partial charge in [-0.1, -0.05) is 6.07 Å². The summed E-state index contributed by atoms with van der Waals surface area (Å²) >= 11 is 0. The van der Waals surface area contributed by atoms with Crippen molar-refractivity contribution < 1.29 is 18.7 Å². The quantitative estimate of drug-likeness (QED) is 0.679. The summed E-state index contributed by atoms with van der Waals surface area (Å²) in [5, 5.41) is 2.43. The van der Waals surface area contributed by atoms with Crippen molar-refractivity contribution in [3.05, 3.63) is 29.6 Å². The highest BCUT2D eigenvalue weighted by atomic mass is 19.1. The zero-order valence-corrected chi connectivity index (χ0v) is 11.9. The molecule has 0 aromatic heterocycles. The molecule has 6 heteroatoms. The molecule has 0 bridgehead atoms. The number of carbonyl (C=O) groups excluding carboxylic acids is 2. The molecule has 1 atom stereocenters. The average molecular weight is 280 g/mol. The topological polar surface area (TPSA) is 67.8 Å². The lowest BCUT2D eigenvalue weighted by Crippen LogP contribution is -2.27. The minimum atomic E-state index is -0.663. The van der Waals surface area contributed by atoms with Gasteiger partial charge < -0.3 is 4.74 Å². The lowest BCUT2D eigenvalue weighted by atomic mass is 10.1. The van der Waals surface area contributed by atoms with Gasteiger partial charge in [0.25, 0.3) is 0 Å². The van der Waals surface area contributed by atoms with Gasteiger partial charge in [0.15, 0.2) is 0 Å². The summed E-state index contributed by atoms with van der Waals surface area (Å²) in [5.74, 6) is -0.565. The van der Waals surface area contributed by atoms with Crippen LogP contribution in [0.5, 0.6) is 0 Å². The van der Waals surface area contributed by atoms with Gasteiger partial charge in [0.1, 0.15) is 11.4 Å². The van der Waals surface area contributed by atoms with Crippen LogP contribution < -0.4 is 5.32 Å². The molecular weight excluding hydrogens is 263 g/mol. The molecule has 0 spiro atoms. The van der Waals surface area contributed by atoms with Crippen molar-refractivity contribution >= 4 is 17.9 Å². The van der Waals surface area contributed by atoms with E-state index in [2.05, 4.69) is 10.3 Å². The first-order chi connectivity index (χ1) is 9.23. The molecule has 0 fully saturated rings. The summed E-state index contributed by atoms with van der Waals surface area (Å²) in [6.45, 7) is 6.77. The first kappa shape index (κ1) is 15.9. The van der Waals surface area contributed by atoms with Gasteiger partial charge in [-0.3, -0.25) is 5.32 Å². The maximum atomic E-state index is 13.8. The van der Waals surface area contributed by atoms with Crippen molar-refractivity contribution in [3.8, 4) is 0 Å². The van der Waals surface area contributed by atoms with E-state index in [1.807, 2.05) is 0 Å². The van der Waals surface area contributed by atoms with Crippen LogP contribution in [0.4, 0.5) is 14.9 Å². The van der Waals surface area contributed by atoms with E-state index >= 15 is 0 Å². The maximum Gasteiger partial charge on any atom is 0.412 e. The van der Waals surface area contributed by atoms with E-state index < -0.39 is 23.6 Å². The Morgan fingerprint density at radius 3 is 2.60 bits per heavy atom. The fourth-order valence-electron chi connectivity index (χ4n) is 1.51. The third-order valence-electron chi connectivity index (χ3n) is 2.34. The third kappa shape index (κ3) is 4.82. The molecule has 20 heavy (non-hydrogen) atoms. The van der Waals surface area contributed by atoms with Gasteiger partial charge in [0.2, 0.25) is 6.08 Å². The van der Waals surface area contributed by atoms with Crippen LogP contribution in [-0.2, 0) is 9.53 Å². The van der Waals surface area contributed by atoms with Crippen LogP contribution in [0.2, 0.25) is 0 Å². The standard InChI is InChI=1S/C14H17FN2O3/c1-9(16-8-18)11-6-5-10(7-12(11)15)17-13(19)20-14(2,3)4/h5-7,9H,1-4H3,(H,17,19). The minimum absolute atomic E-state index is 0.253. The largest absolute Gasteiger partial charge is 0.444 e. The Morgan fingerprint density at radius 2 is 2.10 bits per heavy atom. The smallest absolute Gasteiger partial charge is 0.412 e. The van der Waals surface area contributed by atoms with Gasteiger partial charge in [-0.25, -0.2) is 14.0 Å². The van der Waals surface area contributed by atoms with Crippen LogP contribution in [0.25, 0.3) is 0 Å². The third-order valence-corrected chi connectivity index (χ3v) is 2.34. The van der Waals surface area contributed by atoms with E-state index in [1.165, 1.54) is 18.2 Å². The summed E-state index contributed by atoms with van der Waals surface area (Å²) in [4.78, 5) is 25.1. The molecule has 0 aliphatic heterocycles. The number of aliphatic imine (C=N–C) groups is 1. The summed E-state index contributed by atoms with van der Waals surface area (Å²) in [5.41, 5.74) is -0.110. The fourth-order valence-corrected chi connectivity index (χ4v) is 1.51. The van der Waals surface area contributed by atoms with Crippen LogP contribution in [0, 0.1) is 5.82 Å². The number of amides is 1. The molecule has 0 aliphatic rings. The number of nitrogens with one attached hydrogen (secondary N) is 1. The van der Waals surface area contributed by atoms with Gasteiger partial charge in [-0.2, -0.15) is 4.99 Å². The molecule has 0 saturated carbocycles. The lowest BCUT2D eigenvalue weighted by molar-refractivity contribution is 0.0636. The Kier molecular flexibility index (Phi) is 5.00. The summed E-state index contributed by atoms with van der Waals surface area (Å²) in [6.07, 6.45) is 0.721. The lowest BCUT2D eigenvalue weighted by Gasteiger charge is -2.19. The first-order valence-corrected chi connectivity index (χ1v) is 6.09. The molecule has 1 unspecified atom stereocenters. The van der Waals surface area contributed by atoms with Crippen LogP contribution in [-0.4, -0.2) is 17.8 Å². The molecule has 0 aliphatic carbocycles. The monoisotopic (exact) mass is 280 g/mol. The zero-order chi connectivity index (χ0) is 15.3. The molecule has 1 N–H and O–H groups in total. The highest BCUT2D eigenvalue weighted by Crippen LogP contribution is 2.23. The second kappa shape index (κ2) is 6.30. The van der Waals surface area contributed by atoms with E-state index in [9.17, 15) is 14.0 Å². The van der Waals surface area contributed by atoms with E-state index in [-0.39, 0.29) is 11.3 Å². The minimum Gasteiger partial charge on any atom is -0.444 e. The predicted molar refractivity (Wildman–Crippen MR) is 72.8 cm³/mol. The zero-order valence-electron chi connectivity index (χ0n) is 11.9. The highest BCUT2D eigenvalue weighted by molar-refractivity contribution is 5.84. The van der Waals surface area contributed by atoms with Gasteiger partial charge in [-0.05, 0) is 39.8 Å². The number of nitrogens with zero attached hydrogens (tertiary/aromatic N) is 1. The van der Waals surface area contributed by atoms with Crippen molar-refractivity contribution in [2.24, 2.45) is 4.99 Å². The Morgan fingerprint density at radius 1 is 1.45 bits per heavy atom. The van der Waals surface area contributed by atoms with Crippen LogP contribution in [0.3, 0.4) is 0 Å². The molecule has 108 valence electrons. The van der Waals surface area contributed by atoms with Gasteiger partial charge >= 0.3 is 6.09 Å². The number of hydrogen-bond acceptors (Lipinski definition) is 4. The number of anilines is 1. The molecule has 1 amide bonds. The van der Waals surface area contributed by atoms with Crippen LogP contribution in [0.15, 0.2) is 23.2 Å². The molecule has 0 heterocycles. The van der Waals surface area contributed by atoms with Gasteiger partial charge in [0.05, 0.1) is 6.04 Å². The Hall–Kier alpha value is -2.20. The number of carbonyl (C=O) groups is 1. The van der Waals surface area contributed by atoms with Gasteiger partial charge in [-0.15, -0.1) is 0 Å². The Balaban J connectivity index is 2.83. The maximum absolute atomic E-state index is 13.8. The first-order valence-electron chi connectivity index (χ1n) is 6.09. The molecule has 1 aromatic rings. The molecule has 1 rings (SSSR count). The Bertz CT molecular complexity index is 546. The second-order valence-corrected chi connectivity index (χ2v) is 5.26. The number of rotatable bonds is 3. The fraction of sp³-hybridized carbons (Fsp3) is 0.429. The summed E-state index contributed by atoms with van der Waals surface area (Å²) in [7, 11) is 0. The number of halogens is 1. The summed E-state index contributed by atoms with van der Waals surface area (Å²) in [6, 6.07) is 3.49. The normalized spacial score (nSPS) is 12.2. The summed E-state index contributed by atoms with van der Waals surface area (Å²) < 4.78 is 18.9. The van der Waals surface area contributed by atoms with Crippen molar-refractivity contribution in [2.75, 3.05) is 5.32 Å². The van der Waals surface area contributed by atoms with Crippen molar-refractivity contribution in [1.82, 2.24) is 0 Å². The number of hydrogen-bond donors (Lipinski definition) is 1. The van der Waals surface area contributed by atoms with Crippen molar-refractivity contribution in [1.29, 1.82) is 0 Å². The van der Waals surface area contributed by atoms with E-state index in [0.717, 1.165) is 6.07 Å². The van der Waals surface area contributed by atoms with E-state index in [0.29, 0.717) is 0 Å². The van der Waals surface area contributed by atoms with Crippen molar-refractivity contribution in [3.63, 3.8) is 0 Å². The van der Waals surface area contributed by atoms with E-state index in [1.54, 1.807) is 27.7 Å². The molecule has 0 radical (unpaired) electrons. The number of benzene rings is 1. The van der Waals surface area contributed by atoms with E-state index in [4.69, 9.17) is 4.74 Å². The predicted octanol–water partition coefficient (Wildman–Crippen LogP) is 3.57. The molecular formula is C14H17FN2O3. The van der Waals surface area contributed by atoms with Gasteiger partial charge in [0, 0.05) is 11.3 Å². The number of isocyanates is 1.